The van der Waals surface area contributed by atoms with Crippen LogP contribution in [-0.2, 0) is 0 Å². The van der Waals surface area contributed by atoms with Crippen molar-refractivity contribution in [2.45, 2.75) is 52.6 Å². The molecule has 1 aliphatic rings. The van der Waals surface area contributed by atoms with E-state index in [0.29, 0.717) is 0 Å². The molecule has 0 amide bonds. The lowest BCUT2D eigenvalue weighted by molar-refractivity contribution is -0.897. The fourth-order valence-corrected chi connectivity index (χ4v) is 1.76. The van der Waals surface area contributed by atoms with E-state index in [1.165, 1.54) is 32.4 Å². The molecule has 1 rings (SSSR count). The molecule has 0 radical (unpaired) electrons. The lowest BCUT2D eigenvalue weighted by Crippen LogP contribution is -3.12. The van der Waals surface area contributed by atoms with Gasteiger partial charge in [0.05, 0.1) is 13.1 Å². The highest BCUT2D eigenvalue weighted by molar-refractivity contribution is 5.16. The maximum atomic E-state index is 10.2. The lowest BCUT2D eigenvalue weighted by atomic mass is 9.78. The lowest BCUT2D eigenvalue weighted by Gasteiger charge is -2.32. The van der Waals surface area contributed by atoms with Gasteiger partial charge in [0.15, 0.2) is 0 Å². The van der Waals surface area contributed by atoms with E-state index in [1.807, 2.05) is 27.7 Å². The number of rotatable bonds is 1. The largest absolute Gasteiger partial charge is 0.377 e. The molecule has 0 aliphatic carbocycles. The van der Waals surface area contributed by atoms with Gasteiger partial charge in [0.1, 0.15) is 12.1 Å². The Bertz CT molecular complexity index is 271. The summed E-state index contributed by atoms with van der Waals surface area (Å²) in [4.78, 5) is 1.57. The van der Waals surface area contributed by atoms with E-state index in [4.69, 9.17) is 0 Å². The van der Waals surface area contributed by atoms with E-state index in [2.05, 4.69) is 11.8 Å². The summed E-state index contributed by atoms with van der Waals surface area (Å²) in [6.45, 7) is 11.2. The SMILES string of the molecule is CC(C)(C)[C@](C)(O)C#CC[NH+]1CCCCC1. The predicted molar refractivity (Wildman–Crippen MR) is 67.3 cm³/mol. The molecule has 2 heteroatoms. The van der Waals surface area contributed by atoms with Gasteiger partial charge in [-0.3, -0.25) is 0 Å². The molecule has 0 saturated carbocycles. The molecule has 1 fully saturated rings. The summed E-state index contributed by atoms with van der Waals surface area (Å²) in [7, 11) is 0. The third-order valence-corrected chi connectivity index (χ3v) is 3.69. The summed E-state index contributed by atoms with van der Waals surface area (Å²) < 4.78 is 0. The molecule has 0 spiro atoms. The van der Waals surface area contributed by atoms with Crippen molar-refractivity contribution < 1.29 is 10.0 Å². The number of aliphatic hydroxyl groups is 1. The molecule has 1 atom stereocenters. The molecule has 16 heavy (non-hydrogen) atoms. The number of piperidine rings is 1. The summed E-state index contributed by atoms with van der Waals surface area (Å²) in [5, 5.41) is 10.2. The maximum Gasteiger partial charge on any atom is 0.139 e. The molecule has 2 nitrogen and oxygen atoms in total. The van der Waals surface area contributed by atoms with E-state index in [0.717, 1.165) is 6.54 Å². The fraction of sp³-hybridized carbons (Fsp3) is 0.857. The van der Waals surface area contributed by atoms with Gasteiger partial charge in [-0.05, 0) is 32.1 Å². The average molecular weight is 224 g/mol. The van der Waals surface area contributed by atoms with E-state index < -0.39 is 5.60 Å². The van der Waals surface area contributed by atoms with Gasteiger partial charge in [-0.15, -0.1) is 0 Å². The Kier molecular flexibility index (Phi) is 4.41. The van der Waals surface area contributed by atoms with Crippen LogP contribution in [0.5, 0.6) is 0 Å². The molecule has 2 N–H and O–H groups in total. The van der Waals surface area contributed by atoms with Gasteiger partial charge in [-0.25, -0.2) is 0 Å². The topological polar surface area (TPSA) is 24.7 Å². The highest BCUT2D eigenvalue weighted by Crippen LogP contribution is 2.28. The first-order chi connectivity index (χ1) is 7.33. The van der Waals surface area contributed by atoms with Crippen LogP contribution in [0.15, 0.2) is 0 Å². The van der Waals surface area contributed by atoms with Crippen LogP contribution < -0.4 is 4.90 Å². The minimum absolute atomic E-state index is 0.183. The van der Waals surface area contributed by atoms with Gasteiger partial charge in [-0.1, -0.05) is 26.7 Å². The molecule has 1 heterocycles. The second-order valence-electron chi connectivity index (χ2n) is 6.11. The zero-order chi connectivity index (χ0) is 12.2. The quantitative estimate of drug-likeness (QED) is 0.634. The zero-order valence-electron chi connectivity index (χ0n) is 11.2. The van der Waals surface area contributed by atoms with Crippen molar-refractivity contribution in [1.29, 1.82) is 0 Å². The van der Waals surface area contributed by atoms with E-state index in [9.17, 15) is 5.11 Å². The zero-order valence-corrected chi connectivity index (χ0v) is 11.2. The summed E-state index contributed by atoms with van der Waals surface area (Å²) in [5.74, 6) is 6.20. The number of quaternary nitrogens is 1. The average Bonchev–Trinajstić information content (AvgIpc) is 2.17. The van der Waals surface area contributed by atoms with Crippen molar-refractivity contribution in [1.82, 2.24) is 0 Å². The van der Waals surface area contributed by atoms with E-state index >= 15 is 0 Å². The molecule has 0 aromatic rings. The highest BCUT2D eigenvalue weighted by Gasteiger charge is 2.33. The third kappa shape index (κ3) is 3.81. The van der Waals surface area contributed by atoms with Gasteiger partial charge < -0.3 is 10.0 Å². The Morgan fingerprint density at radius 3 is 2.12 bits per heavy atom. The summed E-state index contributed by atoms with van der Waals surface area (Å²) in [6, 6.07) is 0. The van der Waals surface area contributed by atoms with Crippen LogP contribution in [0.1, 0.15) is 47.0 Å². The van der Waals surface area contributed by atoms with Crippen LogP contribution in [0.4, 0.5) is 0 Å². The second kappa shape index (κ2) is 5.21. The normalized spacial score (nSPS) is 22.1. The van der Waals surface area contributed by atoms with Crippen LogP contribution in [0.3, 0.4) is 0 Å². The first kappa shape index (κ1) is 13.5. The Morgan fingerprint density at radius 2 is 1.62 bits per heavy atom. The van der Waals surface area contributed by atoms with Crippen LogP contribution >= 0.6 is 0 Å². The first-order valence-corrected chi connectivity index (χ1v) is 6.39. The number of nitrogens with one attached hydrogen (secondary N) is 1. The summed E-state index contributed by atoms with van der Waals surface area (Å²) in [6.07, 6.45) is 4.02. The van der Waals surface area contributed by atoms with Gasteiger partial charge >= 0.3 is 0 Å². The van der Waals surface area contributed by atoms with Crippen molar-refractivity contribution in [2.24, 2.45) is 5.41 Å². The molecule has 0 aromatic heterocycles. The molecular formula is C14H26NO+. The molecule has 0 unspecified atom stereocenters. The van der Waals surface area contributed by atoms with E-state index in [-0.39, 0.29) is 5.41 Å². The van der Waals surface area contributed by atoms with Crippen LogP contribution in [0.2, 0.25) is 0 Å². The van der Waals surface area contributed by atoms with Crippen LogP contribution in [0.25, 0.3) is 0 Å². The van der Waals surface area contributed by atoms with Crippen LogP contribution in [-0.4, -0.2) is 30.3 Å². The molecule has 0 bridgehead atoms. The number of likely N-dealkylation sites (tertiary alicyclic amines) is 1. The molecule has 92 valence electrons. The fourth-order valence-electron chi connectivity index (χ4n) is 1.76. The number of hydrogen-bond acceptors (Lipinski definition) is 1. The second-order valence-corrected chi connectivity index (χ2v) is 6.11. The minimum atomic E-state index is -0.887. The Labute approximate surface area is 100 Å². The molecule has 1 saturated heterocycles. The van der Waals surface area contributed by atoms with Crippen LogP contribution in [0, 0.1) is 17.3 Å². The Morgan fingerprint density at radius 1 is 1.06 bits per heavy atom. The summed E-state index contributed by atoms with van der Waals surface area (Å²) in [5.41, 5.74) is -1.07. The van der Waals surface area contributed by atoms with Gasteiger partial charge in [0, 0.05) is 5.41 Å². The standard InChI is InChI=1S/C14H25NO/c1-13(2,3)14(4,16)9-8-12-15-10-6-5-7-11-15/h16H,5-7,10-12H2,1-4H3/p+1/t14-/m1/s1. The highest BCUT2D eigenvalue weighted by atomic mass is 16.3. The van der Waals surface area contributed by atoms with Crippen molar-refractivity contribution in [3.63, 3.8) is 0 Å². The van der Waals surface area contributed by atoms with Crippen molar-refractivity contribution in [2.75, 3.05) is 19.6 Å². The van der Waals surface area contributed by atoms with Crippen molar-refractivity contribution in [3.8, 4) is 11.8 Å². The maximum absolute atomic E-state index is 10.2. The number of hydrogen-bond donors (Lipinski definition) is 2. The van der Waals surface area contributed by atoms with Gasteiger partial charge in [0.25, 0.3) is 0 Å². The van der Waals surface area contributed by atoms with Crippen molar-refractivity contribution >= 4 is 0 Å². The third-order valence-electron chi connectivity index (χ3n) is 3.69. The smallest absolute Gasteiger partial charge is 0.139 e. The van der Waals surface area contributed by atoms with E-state index in [1.54, 1.807) is 4.90 Å². The minimum Gasteiger partial charge on any atom is -0.377 e. The summed E-state index contributed by atoms with van der Waals surface area (Å²) >= 11 is 0. The van der Waals surface area contributed by atoms with Gasteiger partial charge in [0.2, 0.25) is 0 Å². The van der Waals surface area contributed by atoms with Gasteiger partial charge in [-0.2, -0.15) is 0 Å². The molecule has 0 aromatic carbocycles. The monoisotopic (exact) mass is 224 g/mol. The Hall–Kier alpha value is -0.520. The first-order valence-electron chi connectivity index (χ1n) is 6.39. The van der Waals surface area contributed by atoms with Crippen molar-refractivity contribution in [3.05, 3.63) is 0 Å². The Balaban J connectivity index is 2.47. The molecule has 1 aliphatic heterocycles. The predicted octanol–water partition coefficient (Wildman–Crippen LogP) is 0.856. The molecular weight excluding hydrogens is 198 g/mol.